The van der Waals surface area contributed by atoms with Crippen LogP contribution in [0.3, 0.4) is 0 Å². The van der Waals surface area contributed by atoms with Crippen molar-refractivity contribution < 1.29 is 9.59 Å². The molecule has 6 heteroatoms. The lowest BCUT2D eigenvalue weighted by Gasteiger charge is -2.18. The Bertz CT molecular complexity index is 1370. The second-order valence-electron chi connectivity index (χ2n) is 7.21. The first-order chi connectivity index (χ1) is 15.1. The van der Waals surface area contributed by atoms with Gasteiger partial charge in [-0.1, -0.05) is 60.1 Å². The van der Waals surface area contributed by atoms with Gasteiger partial charge in [-0.25, -0.2) is 4.90 Å². The number of carbonyl (C=O) groups excluding carboxylic acids is 2. The van der Waals surface area contributed by atoms with Crippen molar-refractivity contribution in [3.05, 3.63) is 99.3 Å². The zero-order chi connectivity index (χ0) is 21.5. The minimum atomic E-state index is -0.385. The molecule has 0 fully saturated rings. The molecule has 0 spiro atoms. The third-order valence-corrected chi connectivity index (χ3v) is 6.68. The second kappa shape index (κ2) is 7.69. The van der Waals surface area contributed by atoms with E-state index in [1.165, 1.54) is 16.2 Å². The number of halogens is 1. The van der Waals surface area contributed by atoms with Gasteiger partial charge in [-0.2, -0.15) is 0 Å². The van der Waals surface area contributed by atoms with Crippen LogP contribution in [0.2, 0.25) is 5.02 Å². The molecular formula is C25H17ClN2O2S. The van der Waals surface area contributed by atoms with E-state index in [9.17, 15) is 9.59 Å². The molecular weight excluding hydrogens is 428 g/mol. The zero-order valence-corrected chi connectivity index (χ0v) is 18.1. The molecule has 0 unspecified atom stereocenters. The summed E-state index contributed by atoms with van der Waals surface area (Å²) in [6, 6.07) is 22.5. The van der Waals surface area contributed by atoms with Gasteiger partial charge in [0.2, 0.25) is 0 Å². The van der Waals surface area contributed by atoms with Crippen LogP contribution in [-0.4, -0.2) is 11.8 Å². The van der Waals surface area contributed by atoms with E-state index in [2.05, 4.69) is 5.32 Å². The fourth-order valence-corrected chi connectivity index (χ4v) is 4.74. The molecule has 0 radical (unpaired) electrons. The van der Waals surface area contributed by atoms with Gasteiger partial charge in [0.05, 0.1) is 11.3 Å². The van der Waals surface area contributed by atoms with Gasteiger partial charge >= 0.3 is 0 Å². The van der Waals surface area contributed by atoms with Crippen LogP contribution in [-0.2, 0) is 9.59 Å². The minimum Gasteiger partial charge on any atom is -0.350 e. The first-order valence-electron chi connectivity index (χ1n) is 9.73. The van der Waals surface area contributed by atoms with Crippen molar-refractivity contribution in [1.82, 2.24) is 0 Å². The van der Waals surface area contributed by atoms with Crippen LogP contribution in [0.5, 0.6) is 0 Å². The minimum absolute atomic E-state index is 0.255. The fraction of sp³-hybridized carbons (Fsp3) is 0.0400. The molecule has 3 aromatic carbocycles. The van der Waals surface area contributed by atoms with Gasteiger partial charge < -0.3 is 5.32 Å². The Labute approximate surface area is 188 Å². The van der Waals surface area contributed by atoms with Crippen LogP contribution in [0.4, 0.5) is 11.4 Å². The molecule has 5 rings (SSSR count). The van der Waals surface area contributed by atoms with Crippen molar-refractivity contribution in [1.29, 1.82) is 0 Å². The van der Waals surface area contributed by atoms with Crippen LogP contribution in [0, 0.1) is 6.92 Å². The number of benzene rings is 3. The zero-order valence-electron chi connectivity index (χ0n) is 16.6. The number of amides is 2. The number of nitrogens with zero attached hydrogens (tertiary/aromatic N) is 1. The number of thiophene rings is 1. The van der Waals surface area contributed by atoms with Crippen molar-refractivity contribution in [2.75, 3.05) is 10.2 Å². The number of rotatable bonds is 4. The molecule has 1 aliphatic rings. The van der Waals surface area contributed by atoms with Gasteiger partial charge in [-0.05, 0) is 47.5 Å². The Morgan fingerprint density at radius 1 is 0.871 bits per heavy atom. The summed E-state index contributed by atoms with van der Waals surface area (Å²) in [4.78, 5) is 29.2. The molecule has 1 aliphatic heterocycles. The Morgan fingerprint density at radius 2 is 1.65 bits per heavy atom. The predicted molar refractivity (Wildman–Crippen MR) is 127 cm³/mol. The Kier molecular flexibility index (Phi) is 4.85. The number of carbonyl (C=O) groups is 2. The molecule has 0 saturated heterocycles. The third kappa shape index (κ3) is 3.23. The summed E-state index contributed by atoms with van der Waals surface area (Å²) in [6.07, 6.45) is 0. The summed E-state index contributed by atoms with van der Waals surface area (Å²) in [5, 5.41) is 7.49. The normalized spacial score (nSPS) is 14.1. The van der Waals surface area contributed by atoms with E-state index < -0.39 is 0 Å². The molecule has 2 amide bonds. The quantitative estimate of drug-likeness (QED) is 0.378. The van der Waals surface area contributed by atoms with E-state index in [0.717, 1.165) is 21.2 Å². The highest BCUT2D eigenvalue weighted by atomic mass is 35.5. The Hall–Kier alpha value is -3.41. The van der Waals surface area contributed by atoms with Gasteiger partial charge in [-0.3, -0.25) is 9.59 Å². The average Bonchev–Trinajstić information content (AvgIpc) is 3.38. The molecule has 31 heavy (non-hydrogen) atoms. The lowest BCUT2D eigenvalue weighted by atomic mass is 10.1. The molecule has 1 N–H and O–H groups in total. The second-order valence-corrected chi connectivity index (χ2v) is 8.56. The van der Waals surface area contributed by atoms with Gasteiger partial charge in [0, 0.05) is 21.0 Å². The van der Waals surface area contributed by atoms with E-state index in [-0.39, 0.29) is 17.5 Å². The van der Waals surface area contributed by atoms with E-state index in [4.69, 9.17) is 11.6 Å². The van der Waals surface area contributed by atoms with E-state index in [0.29, 0.717) is 22.0 Å². The van der Waals surface area contributed by atoms with Crippen LogP contribution in [0.25, 0.3) is 16.3 Å². The monoisotopic (exact) mass is 444 g/mol. The van der Waals surface area contributed by atoms with Gasteiger partial charge in [-0.15, -0.1) is 11.3 Å². The van der Waals surface area contributed by atoms with Crippen molar-refractivity contribution in [3.8, 4) is 0 Å². The lowest BCUT2D eigenvalue weighted by molar-refractivity contribution is -0.120. The Morgan fingerprint density at radius 3 is 2.45 bits per heavy atom. The number of imide groups is 1. The maximum atomic E-state index is 13.6. The fourth-order valence-electron chi connectivity index (χ4n) is 3.79. The molecule has 4 aromatic rings. The summed E-state index contributed by atoms with van der Waals surface area (Å²) in [5.74, 6) is -0.727. The van der Waals surface area contributed by atoms with Crippen LogP contribution >= 0.6 is 22.9 Å². The summed E-state index contributed by atoms with van der Waals surface area (Å²) >= 11 is 7.70. The maximum Gasteiger partial charge on any atom is 0.282 e. The number of hydrogen-bond acceptors (Lipinski definition) is 4. The molecule has 0 aliphatic carbocycles. The van der Waals surface area contributed by atoms with Crippen molar-refractivity contribution in [3.63, 3.8) is 0 Å². The summed E-state index contributed by atoms with van der Waals surface area (Å²) in [6.45, 7) is 1.87. The first kappa shape index (κ1) is 19.5. The van der Waals surface area contributed by atoms with Crippen LogP contribution in [0.1, 0.15) is 10.4 Å². The molecule has 1 aromatic heterocycles. The van der Waals surface area contributed by atoms with Gasteiger partial charge in [0.1, 0.15) is 5.70 Å². The van der Waals surface area contributed by atoms with E-state index >= 15 is 0 Å². The molecule has 2 heterocycles. The lowest BCUT2D eigenvalue weighted by Crippen LogP contribution is -2.32. The standard InChI is InChI=1S/C25H17ClN2O2S/c1-15-18(26)10-5-11-19(15)27-23-22(21-13-6-14-31-21)24(29)28(25(23)30)20-12-4-8-16-7-2-3-9-17(16)20/h2-14,27H,1H3. The summed E-state index contributed by atoms with van der Waals surface area (Å²) in [5.41, 5.74) is 2.70. The molecule has 0 saturated carbocycles. The number of anilines is 2. The number of hydrogen-bond donors (Lipinski definition) is 1. The molecule has 0 bridgehead atoms. The SMILES string of the molecule is Cc1c(Cl)cccc1NC1=C(c2cccs2)C(=O)N(c2cccc3ccccc23)C1=O. The highest BCUT2D eigenvalue weighted by molar-refractivity contribution is 7.11. The summed E-state index contributed by atoms with van der Waals surface area (Å²) < 4.78 is 0. The topological polar surface area (TPSA) is 49.4 Å². The predicted octanol–water partition coefficient (Wildman–Crippen LogP) is 6.26. The Balaban J connectivity index is 1.67. The maximum absolute atomic E-state index is 13.6. The van der Waals surface area contributed by atoms with Gasteiger partial charge in [0.15, 0.2) is 0 Å². The van der Waals surface area contributed by atoms with Crippen LogP contribution < -0.4 is 10.2 Å². The van der Waals surface area contributed by atoms with E-state index in [1.54, 1.807) is 12.1 Å². The van der Waals surface area contributed by atoms with Gasteiger partial charge in [0.25, 0.3) is 11.8 Å². The van der Waals surface area contributed by atoms with Crippen LogP contribution in [0.15, 0.2) is 83.9 Å². The summed E-state index contributed by atoms with van der Waals surface area (Å²) in [7, 11) is 0. The first-order valence-corrected chi connectivity index (χ1v) is 11.0. The number of nitrogens with one attached hydrogen (secondary N) is 1. The third-order valence-electron chi connectivity index (χ3n) is 5.39. The van der Waals surface area contributed by atoms with Crippen molar-refractivity contribution in [2.24, 2.45) is 0 Å². The van der Waals surface area contributed by atoms with E-state index in [1.807, 2.05) is 73.0 Å². The van der Waals surface area contributed by atoms with Crippen molar-refractivity contribution in [2.45, 2.75) is 6.92 Å². The highest BCUT2D eigenvalue weighted by Gasteiger charge is 2.41. The largest absolute Gasteiger partial charge is 0.350 e. The molecule has 0 atom stereocenters. The molecule has 4 nitrogen and oxygen atoms in total. The molecule has 152 valence electrons. The van der Waals surface area contributed by atoms with Crippen molar-refractivity contribution >= 4 is 62.5 Å². The smallest absolute Gasteiger partial charge is 0.282 e. The highest BCUT2D eigenvalue weighted by Crippen LogP contribution is 2.38. The average molecular weight is 445 g/mol. The number of fused-ring (bicyclic) bond motifs is 1.